The summed E-state index contributed by atoms with van der Waals surface area (Å²) < 4.78 is 28.6. The standard InChI is InChI=1S/C20H25N7O4S/c1-25-9-12(7-22-25)15-8-23-27-19(21)18(32(2,30)31)17(24-20(15)27)11-5-13-3-4-14(6-11)26(13)16(29)10-28/h7-9,11,13-14,28H,3-6,10,21H2,1-2H3/t11?,13-,14+. The van der Waals surface area contributed by atoms with Crippen molar-refractivity contribution < 1.29 is 18.3 Å². The van der Waals surface area contributed by atoms with Gasteiger partial charge in [0, 0.05) is 48.6 Å². The number of fused-ring (bicyclic) bond motifs is 3. The molecule has 3 aromatic rings. The molecule has 0 spiro atoms. The Balaban J connectivity index is 1.66. The van der Waals surface area contributed by atoms with Crippen molar-refractivity contribution in [3.05, 3.63) is 24.3 Å². The summed E-state index contributed by atoms with van der Waals surface area (Å²) in [6.45, 7) is -0.520. The summed E-state index contributed by atoms with van der Waals surface area (Å²) in [6, 6.07) is -0.0967. The maximum Gasteiger partial charge on any atom is 0.248 e. The number of amides is 1. The molecule has 2 bridgehead atoms. The van der Waals surface area contributed by atoms with Crippen molar-refractivity contribution in [3.63, 3.8) is 0 Å². The van der Waals surface area contributed by atoms with E-state index in [0.717, 1.165) is 24.7 Å². The molecule has 2 fully saturated rings. The molecule has 0 radical (unpaired) electrons. The maximum absolute atomic E-state index is 12.8. The lowest BCUT2D eigenvalue weighted by molar-refractivity contribution is -0.138. The second-order valence-electron chi connectivity index (χ2n) is 8.69. The number of anilines is 1. The number of hydrogen-bond acceptors (Lipinski definition) is 8. The van der Waals surface area contributed by atoms with Crippen LogP contribution in [0.4, 0.5) is 5.82 Å². The highest BCUT2D eigenvalue weighted by molar-refractivity contribution is 7.91. The minimum absolute atomic E-state index is 0.00262. The number of carbonyl (C=O) groups excluding carboxylic acids is 1. The van der Waals surface area contributed by atoms with Crippen molar-refractivity contribution in [2.24, 2.45) is 7.05 Å². The lowest BCUT2D eigenvalue weighted by Crippen LogP contribution is -2.47. The number of nitrogens with two attached hydrogens (primary N) is 1. The van der Waals surface area contributed by atoms with E-state index in [1.165, 1.54) is 4.52 Å². The molecule has 11 nitrogen and oxygen atoms in total. The van der Waals surface area contributed by atoms with Crippen LogP contribution in [0.15, 0.2) is 23.5 Å². The molecule has 170 valence electrons. The van der Waals surface area contributed by atoms with Crippen molar-refractivity contribution >= 4 is 27.2 Å². The first-order valence-electron chi connectivity index (χ1n) is 10.5. The molecule has 2 aliphatic rings. The van der Waals surface area contributed by atoms with Gasteiger partial charge in [0.15, 0.2) is 15.5 Å². The van der Waals surface area contributed by atoms with Crippen LogP contribution in [0.2, 0.25) is 0 Å². The number of aryl methyl sites for hydroxylation is 1. The molecule has 0 aromatic carbocycles. The van der Waals surface area contributed by atoms with Gasteiger partial charge in [-0.2, -0.15) is 14.7 Å². The molecule has 0 aliphatic carbocycles. The molecule has 0 saturated carbocycles. The SMILES string of the molecule is Cn1cc(-c2cnn3c(N)c(S(C)(=O)=O)c(C4C[C@H]5CC[C@@H](C4)N5C(=O)CO)nc23)cn1. The molecule has 1 unspecified atom stereocenters. The molecular formula is C20H25N7O4S. The molecule has 32 heavy (non-hydrogen) atoms. The van der Waals surface area contributed by atoms with E-state index in [0.29, 0.717) is 29.7 Å². The Kier molecular flexibility index (Phi) is 4.75. The van der Waals surface area contributed by atoms with Crippen LogP contribution < -0.4 is 5.73 Å². The summed E-state index contributed by atoms with van der Waals surface area (Å²) in [5.74, 6) is -0.426. The summed E-state index contributed by atoms with van der Waals surface area (Å²) in [6.07, 6.45) is 9.06. The third-order valence-corrected chi connectivity index (χ3v) is 7.75. The van der Waals surface area contributed by atoms with Gasteiger partial charge in [0.2, 0.25) is 5.91 Å². The maximum atomic E-state index is 12.8. The van der Waals surface area contributed by atoms with Crippen LogP contribution in [0, 0.1) is 0 Å². The normalized spacial score (nSPS) is 23.2. The Hall–Kier alpha value is -2.99. The highest BCUT2D eigenvalue weighted by atomic mass is 32.2. The first-order valence-corrected chi connectivity index (χ1v) is 12.4. The highest BCUT2D eigenvalue weighted by Gasteiger charge is 2.45. The number of nitrogen functional groups attached to an aromatic ring is 1. The third kappa shape index (κ3) is 3.16. The quantitative estimate of drug-likeness (QED) is 0.567. The second-order valence-corrected chi connectivity index (χ2v) is 10.6. The molecule has 2 aliphatic heterocycles. The van der Waals surface area contributed by atoms with E-state index in [1.54, 1.807) is 29.0 Å². The number of hydrogen-bond donors (Lipinski definition) is 2. The summed E-state index contributed by atoms with van der Waals surface area (Å²) >= 11 is 0. The van der Waals surface area contributed by atoms with Gasteiger partial charge in [0.25, 0.3) is 0 Å². The average Bonchev–Trinajstić information content (AvgIpc) is 3.42. The number of rotatable bonds is 4. The van der Waals surface area contributed by atoms with Gasteiger partial charge in [0.05, 0.1) is 18.1 Å². The Morgan fingerprint density at radius 1 is 1.22 bits per heavy atom. The van der Waals surface area contributed by atoms with Crippen LogP contribution in [-0.2, 0) is 21.7 Å². The Bertz CT molecular complexity index is 1320. The van der Waals surface area contributed by atoms with Crippen LogP contribution in [0.1, 0.15) is 37.3 Å². The van der Waals surface area contributed by atoms with Crippen LogP contribution in [0.3, 0.4) is 0 Å². The summed E-state index contributed by atoms with van der Waals surface area (Å²) in [7, 11) is -1.88. The first kappa shape index (κ1) is 20.9. The number of nitrogens with zero attached hydrogens (tertiary/aromatic N) is 6. The first-order chi connectivity index (χ1) is 15.2. The second kappa shape index (κ2) is 7.27. The monoisotopic (exact) mass is 459 g/mol. The Morgan fingerprint density at radius 3 is 2.47 bits per heavy atom. The molecular weight excluding hydrogens is 434 g/mol. The van der Waals surface area contributed by atoms with Gasteiger partial charge >= 0.3 is 0 Å². The van der Waals surface area contributed by atoms with E-state index in [2.05, 4.69) is 10.2 Å². The number of sulfone groups is 1. The van der Waals surface area contributed by atoms with Gasteiger partial charge in [-0.25, -0.2) is 13.4 Å². The van der Waals surface area contributed by atoms with Crippen molar-refractivity contribution in [2.75, 3.05) is 18.6 Å². The van der Waals surface area contributed by atoms with Gasteiger partial charge in [0.1, 0.15) is 17.3 Å². The summed E-state index contributed by atoms with van der Waals surface area (Å²) in [4.78, 5) is 18.8. The van der Waals surface area contributed by atoms with Gasteiger partial charge in [-0.3, -0.25) is 9.48 Å². The molecule has 1 amide bonds. The summed E-state index contributed by atoms with van der Waals surface area (Å²) in [5, 5.41) is 17.8. The molecule has 12 heteroatoms. The molecule has 3 aromatic heterocycles. The van der Waals surface area contributed by atoms with Gasteiger partial charge in [-0.05, 0) is 25.7 Å². The minimum Gasteiger partial charge on any atom is -0.387 e. The van der Waals surface area contributed by atoms with E-state index >= 15 is 0 Å². The topological polar surface area (TPSA) is 149 Å². The smallest absolute Gasteiger partial charge is 0.248 e. The molecule has 3 N–H and O–H groups in total. The van der Waals surface area contributed by atoms with Gasteiger partial charge in [-0.15, -0.1) is 0 Å². The predicted octanol–water partition coefficient (Wildman–Crippen LogP) is 0.345. The fourth-order valence-corrected chi connectivity index (χ4v) is 6.39. The number of carbonyl (C=O) groups is 1. The fraction of sp³-hybridized carbons (Fsp3) is 0.500. The van der Waals surface area contributed by atoms with Crippen LogP contribution >= 0.6 is 0 Å². The zero-order valence-electron chi connectivity index (χ0n) is 17.8. The third-order valence-electron chi connectivity index (χ3n) is 6.59. The molecule has 5 heterocycles. The largest absolute Gasteiger partial charge is 0.387 e. The Labute approximate surface area is 184 Å². The average molecular weight is 460 g/mol. The summed E-state index contributed by atoms with van der Waals surface area (Å²) in [5.41, 5.74) is 8.76. The van der Waals surface area contributed by atoms with Crippen molar-refractivity contribution in [1.29, 1.82) is 0 Å². The van der Waals surface area contributed by atoms with E-state index in [1.807, 2.05) is 6.20 Å². The molecule has 5 rings (SSSR count). The van der Waals surface area contributed by atoms with Gasteiger partial charge < -0.3 is 15.7 Å². The number of aromatic nitrogens is 5. The van der Waals surface area contributed by atoms with Crippen LogP contribution in [-0.4, -0.2) is 73.7 Å². The number of aliphatic hydroxyl groups is 1. The number of aliphatic hydroxyl groups excluding tert-OH is 1. The van der Waals surface area contributed by atoms with Crippen molar-refractivity contribution in [2.45, 2.75) is 48.6 Å². The lowest BCUT2D eigenvalue weighted by atomic mass is 9.87. The van der Waals surface area contributed by atoms with Crippen molar-refractivity contribution in [3.8, 4) is 11.1 Å². The fourth-order valence-electron chi connectivity index (χ4n) is 5.33. The molecule has 3 atom stereocenters. The Morgan fingerprint density at radius 2 is 1.91 bits per heavy atom. The van der Waals surface area contributed by atoms with E-state index in [4.69, 9.17) is 10.7 Å². The van der Waals surface area contributed by atoms with E-state index < -0.39 is 16.4 Å². The lowest BCUT2D eigenvalue weighted by Gasteiger charge is -2.39. The van der Waals surface area contributed by atoms with Crippen molar-refractivity contribution in [1.82, 2.24) is 29.3 Å². The van der Waals surface area contributed by atoms with E-state index in [-0.39, 0.29) is 34.6 Å². The number of piperidine rings is 1. The minimum atomic E-state index is -3.69. The zero-order valence-corrected chi connectivity index (χ0v) is 18.7. The zero-order chi connectivity index (χ0) is 22.8. The predicted molar refractivity (Wildman–Crippen MR) is 115 cm³/mol. The van der Waals surface area contributed by atoms with Crippen LogP contribution in [0.5, 0.6) is 0 Å². The van der Waals surface area contributed by atoms with Gasteiger partial charge in [-0.1, -0.05) is 0 Å². The van der Waals surface area contributed by atoms with Crippen LogP contribution in [0.25, 0.3) is 16.8 Å². The molecule has 2 saturated heterocycles. The van der Waals surface area contributed by atoms with E-state index in [9.17, 15) is 18.3 Å². The highest BCUT2D eigenvalue weighted by Crippen LogP contribution is 2.45.